The number of hydrogen-bond acceptors (Lipinski definition) is 5. The van der Waals surface area contributed by atoms with E-state index in [1.165, 1.54) is 4.90 Å². The Morgan fingerprint density at radius 1 is 1.03 bits per heavy atom. The maximum atomic E-state index is 13.8. The molecule has 210 valence electrons. The Labute approximate surface area is 232 Å². The number of benzene rings is 2. The molecule has 0 radical (unpaired) electrons. The summed E-state index contributed by atoms with van der Waals surface area (Å²) in [7, 11) is 0. The van der Waals surface area contributed by atoms with Crippen LogP contribution in [0.1, 0.15) is 76.1 Å². The highest BCUT2D eigenvalue weighted by atomic mass is 16.6. The molecule has 0 aliphatic carbocycles. The number of terminal acetylenes is 1. The number of hydrogen-bond donors (Lipinski definition) is 3. The molecule has 8 heteroatoms. The number of aliphatic hydroxyl groups is 1. The highest BCUT2D eigenvalue weighted by Crippen LogP contribution is 2.24. The van der Waals surface area contributed by atoms with E-state index in [2.05, 4.69) is 23.5 Å². The number of carbonyl (C=O) groups excluding carboxylic acids is 3. The predicted octanol–water partition coefficient (Wildman–Crippen LogP) is 4.32. The Hall–Kier alpha value is -3.83. The van der Waals surface area contributed by atoms with Crippen LogP contribution in [-0.2, 0) is 20.9 Å². The van der Waals surface area contributed by atoms with Crippen LogP contribution in [0, 0.1) is 12.3 Å². The molecule has 0 aliphatic heterocycles. The van der Waals surface area contributed by atoms with E-state index in [-0.39, 0.29) is 19.0 Å². The van der Waals surface area contributed by atoms with Crippen molar-refractivity contribution in [2.45, 2.75) is 77.6 Å². The Balaban J connectivity index is 2.42. The lowest BCUT2D eigenvalue weighted by atomic mass is 10.0. The average Bonchev–Trinajstić information content (AvgIpc) is 2.91. The zero-order chi connectivity index (χ0) is 28.8. The van der Waals surface area contributed by atoms with Gasteiger partial charge in [0.25, 0.3) is 0 Å². The highest BCUT2D eigenvalue weighted by Gasteiger charge is 2.35. The number of nitrogens with zero attached hydrogens (tertiary/aromatic N) is 1. The van der Waals surface area contributed by atoms with Crippen LogP contribution in [0.3, 0.4) is 0 Å². The van der Waals surface area contributed by atoms with Crippen LogP contribution in [0.25, 0.3) is 0 Å². The van der Waals surface area contributed by atoms with Crippen molar-refractivity contribution < 1.29 is 24.2 Å². The molecule has 2 aromatic carbocycles. The molecular weight excluding hydrogens is 494 g/mol. The third-order valence-electron chi connectivity index (χ3n) is 5.97. The zero-order valence-corrected chi connectivity index (χ0v) is 23.4. The Morgan fingerprint density at radius 2 is 1.69 bits per heavy atom. The first kappa shape index (κ1) is 31.4. The summed E-state index contributed by atoms with van der Waals surface area (Å²) in [5.74, 6) is 1.59. The number of amides is 3. The molecule has 2 unspecified atom stereocenters. The molecule has 0 fully saturated rings. The molecule has 39 heavy (non-hydrogen) atoms. The maximum absolute atomic E-state index is 13.8. The van der Waals surface area contributed by atoms with E-state index in [0.717, 1.165) is 24.8 Å². The summed E-state index contributed by atoms with van der Waals surface area (Å²) in [6.07, 6.45) is 8.18. The SMILES string of the molecule is C#Cc1ccc(C(C(=O)NCc2ccccc2)N(CCCCCC)C(=O)C(CO)NC(=O)OC(C)(C)C)cc1. The average molecular weight is 536 g/mol. The van der Waals surface area contributed by atoms with Gasteiger partial charge in [0.05, 0.1) is 6.61 Å². The summed E-state index contributed by atoms with van der Waals surface area (Å²) >= 11 is 0. The van der Waals surface area contributed by atoms with Gasteiger partial charge < -0.3 is 25.4 Å². The summed E-state index contributed by atoms with van der Waals surface area (Å²) in [6.45, 7) is 7.07. The standard InChI is InChI=1S/C31H41N3O5/c1-6-8-9-13-20-34(29(37)26(22-35)33-30(38)39-31(3,4)5)27(25-18-16-23(7-2)17-19-25)28(36)32-21-24-14-11-10-12-15-24/h2,10-12,14-19,26-27,35H,6,8-9,13,20-22H2,1,3-5H3,(H,32,36)(H,33,38). The lowest BCUT2D eigenvalue weighted by Crippen LogP contribution is -2.54. The summed E-state index contributed by atoms with van der Waals surface area (Å²) in [4.78, 5) is 41.4. The van der Waals surface area contributed by atoms with E-state index >= 15 is 0 Å². The first-order chi connectivity index (χ1) is 18.6. The summed E-state index contributed by atoms with van der Waals surface area (Å²) in [6, 6.07) is 14.0. The minimum absolute atomic E-state index is 0.256. The van der Waals surface area contributed by atoms with Gasteiger partial charge in [0.15, 0.2) is 0 Å². The van der Waals surface area contributed by atoms with E-state index in [9.17, 15) is 19.5 Å². The number of rotatable bonds is 13. The van der Waals surface area contributed by atoms with Crippen LogP contribution in [0.15, 0.2) is 54.6 Å². The van der Waals surface area contributed by atoms with Crippen LogP contribution < -0.4 is 10.6 Å². The second kappa shape index (κ2) is 15.6. The fourth-order valence-electron chi connectivity index (χ4n) is 4.03. The number of alkyl carbamates (subject to hydrolysis) is 1. The van der Waals surface area contributed by atoms with E-state index in [1.807, 2.05) is 30.3 Å². The molecule has 8 nitrogen and oxygen atoms in total. The number of unbranched alkanes of at least 4 members (excludes halogenated alkanes) is 3. The van der Waals surface area contributed by atoms with Gasteiger partial charge in [-0.3, -0.25) is 9.59 Å². The molecule has 3 N–H and O–H groups in total. The molecule has 2 rings (SSSR count). The number of nitrogens with one attached hydrogen (secondary N) is 2. The van der Waals surface area contributed by atoms with Gasteiger partial charge in [0.2, 0.25) is 11.8 Å². The van der Waals surface area contributed by atoms with Crippen molar-refractivity contribution in [3.8, 4) is 12.3 Å². The van der Waals surface area contributed by atoms with Crippen molar-refractivity contribution in [3.05, 3.63) is 71.3 Å². The lowest BCUT2D eigenvalue weighted by Gasteiger charge is -2.34. The second-order valence-electron chi connectivity index (χ2n) is 10.3. The summed E-state index contributed by atoms with van der Waals surface area (Å²) in [5.41, 5.74) is 1.33. The minimum Gasteiger partial charge on any atom is -0.444 e. The minimum atomic E-state index is -1.29. The summed E-state index contributed by atoms with van der Waals surface area (Å²) < 4.78 is 5.29. The van der Waals surface area contributed by atoms with Gasteiger partial charge in [0.1, 0.15) is 17.7 Å². The van der Waals surface area contributed by atoms with Gasteiger partial charge in [-0.05, 0) is 50.5 Å². The molecule has 0 saturated heterocycles. The Morgan fingerprint density at radius 3 is 2.26 bits per heavy atom. The maximum Gasteiger partial charge on any atom is 0.408 e. The molecule has 0 heterocycles. The molecule has 2 aromatic rings. The molecule has 0 saturated carbocycles. The van der Waals surface area contributed by atoms with Crippen molar-refractivity contribution in [1.29, 1.82) is 0 Å². The van der Waals surface area contributed by atoms with Crippen LogP contribution >= 0.6 is 0 Å². The van der Waals surface area contributed by atoms with E-state index < -0.39 is 36.3 Å². The quantitative estimate of drug-likeness (QED) is 0.262. The van der Waals surface area contributed by atoms with Crippen LogP contribution in [0.4, 0.5) is 4.79 Å². The fraction of sp³-hybridized carbons (Fsp3) is 0.452. The topological polar surface area (TPSA) is 108 Å². The van der Waals surface area contributed by atoms with Gasteiger partial charge in [-0.2, -0.15) is 0 Å². The van der Waals surface area contributed by atoms with Crippen molar-refractivity contribution in [2.24, 2.45) is 0 Å². The normalized spacial score (nSPS) is 12.5. The van der Waals surface area contributed by atoms with Gasteiger partial charge in [0, 0.05) is 18.7 Å². The van der Waals surface area contributed by atoms with Crippen LogP contribution in [0.2, 0.25) is 0 Å². The summed E-state index contributed by atoms with van der Waals surface area (Å²) in [5, 5.41) is 15.5. The largest absolute Gasteiger partial charge is 0.444 e. The Bertz CT molecular complexity index is 1100. The predicted molar refractivity (Wildman–Crippen MR) is 152 cm³/mol. The fourth-order valence-corrected chi connectivity index (χ4v) is 4.03. The smallest absolute Gasteiger partial charge is 0.408 e. The second-order valence-corrected chi connectivity index (χ2v) is 10.3. The molecule has 0 aromatic heterocycles. The van der Waals surface area contributed by atoms with Crippen molar-refractivity contribution in [3.63, 3.8) is 0 Å². The lowest BCUT2D eigenvalue weighted by molar-refractivity contribution is -0.143. The molecular formula is C31H41N3O5. The molecule has 0 spiro atoms. The van der Waals surface area contributed by atoms with Crippen molar-refractivity contribution in [2.75, 3.05) is 13.2 Å². The van der Waals surface area contributed by atoms with E-state index in [1.54, 1.807) is 45.0 Å². The highest BCUT2D eigenvalue weighted by molar-refractivity contribution is 5.92. The van der Waals surface area contributed by atoms with Crippen molar-refractivity contribution >= 4 is 17.9 Å². The number of carbonyl (C=O) groups is 3. The van der Waals surface area contributed by atoms with E-state index in [4.69, 9.17) is 11.2 Å². The molecule has 2 atom stereocenters. The molecule has 3 amide bonds. The van der Waals surface area contributed by atoms with Crippen LogP contribution in [0.5, 0.6) is 0 Å². The third kappa shape index (κ3) is 10.5. The van der Waals surface area contributed by atoms with Crippen LogP contribution in [-0.4, -0.2) is 52.7 Å². The van der Waals surface area contributed by atoms with E-state index in [0.29, 0.717) is 17.5 Å². The molecule has 0 bridgehead atoms. The number of ether oxygens (including phenoxy) is 1. The molecule has 0 aliphatic rings. The first-order valence-electron chi connectivity index (χ1n) is 13.4. The van der Waals surface area contributed by atoms with Gasteiger partial charge >= 0.3 is 6.09 Å². The van der Waals surface area contributed by atoms with Gasteiger partial charge in [-0.25, -0.2) is 4.79 Å². The Kier molecular flexibility index (Phi) is 12.5. The zero-order valence-electron chi connectivity index (χ0n) is 23.4. The van der Waals surface area contributed by atoms with Gasteiger partial charge in [-0.1, -0.05) is 74.6 Å². The third-order valence-corrected chi connectivity index (χ3v) is 5.97. The first-order valence-corrected chi connectivity index (χ1v) is 13.4. The monoisotopic (exact) mass is 535 g/mol. The van der Waals surface area contributed by atoms with Crippen molar-refractivity contribution in [1.82, 2.24) is 15.5 Å². The van der Waals surface area contributed by atoms with Gasteiger partial charge in [-0.15, -0.1) is 6.42 Å². The number of aliphatic hydroxyl groups excluding tert-OH is 1.